The van der Waals surface area contributed by atoms with Crippen molar-refractivity contribution in [3.05, 3.63) is 0 Å². The van der Waals surface area contributed by atoms with Gasteiger partial charge in [0.1, 0.15) is 6.61 Å². The van der Waals surface area contributed by atoms with Crippen LogP contribution in [0.5, 0.6) is 0 Å². The van der Waals surface area contributed by atoms with Gasteiger partial charge in [0.05, 0.1) is 5.60 Å². The fourth-order valence-corrected chi connectivity index (χ4v) is 3.66. The quantitative estimate of drug-likeness (QED) is 0.819. The molecule has 2 saturated heterocycles. The van der Waals surface area contributed by atoms with Crippen LogP contribution in [0.3, 0.4) is 0 Å². The molecular formula is C14H24N2O2. The number of ether oxygens (including phenoxy) is 1. The van der Waals surface area contributed by atoms with Crippen molar-refractivity contribution in [2.24, 2.45) is 5.92 Å². The zero-order valence-electron chi connectivity index (χ0n) is 11.3. The van der Waals surface area contributed by atoms with Crippen LogP contribution in [0.4, 0.5) is 0 Å². The number of rotatable bonds is 3. The molecule has 1 amide bonds. The second-order valence-electron chi connectivity index (χ2n) is 6.33. The zero-order valence-corrected chi connectivity index (χ0v) is 11.3. The molecule has 4 nitrogen and oxygen atoms in total. The van der Waals surface area contributed by atoms with Gasteiger partial charge in [-0.25, -0.2) is 0 Å². The van der Waals surface area contributed by atoms with Gasteiger partial charge >= 0.3 is 0 Å². The van der Waals surface area contributed by atoms with E-state index in [0.717, 1.165) is 25.6 Å². The van der Waals surface area contributed by atoms with Gasteiger partial charge in [0.25, 0.3) is 0 Å². The molecule has 3 fully saturated rings. The molecule has 0 aromatic rings. The van der Waals surface area contributed by atoms with E-state index in [1.54, 1.807) is 0 Å². The van der Waals surface area contributed by atoms with Crippen LogP contribution in [0.1, 0.15) is 39.0 Å². The molecule has 3 rings (SSSR count). The number of piperidine rings is 1. The smallest absolute Gasteiger partial charge is 0.248 e. The molecule has 1 N–H and O–H groups in total. The van der Waals surface area contributed by atoms with E-state index in [1.807, 2.05) is 0 Å². The number of nitrogens with zero attached hydrogens (tertiary/aromatic N) is 1. The van der Waals surface area contributed by atoms with Gasteiger partial charge in [-0.2, -0.15) is 0 Å². The lowest BCUT2D eigenvalue weighted by atomic mass is 9.92. The molecular weight excluding hydrogens is 228 g/mol. The monoisotopic (exact) mass is 252 g/mol. The number of carbonyl (C=O) groups excluding carboxylic acids is 1. The van der Waals surface area contributed by atoms with Crippen molar-refractivity contribution < 1.29 is 9.53 Å². The Labute approximate surface area is 109 Å². The molecule has 4 heteroatoms. The average molecular weight is 252 g/mol. The minimum absolute atomic E-state index is 0.111. The molecule has 1 saturated carbocycles. The highest BCUT2D eigenvalue weighted by Gasteiger charge is 2.38. The summed E-state index contributed by atoms with van der Waals surface area (Å²) in [6.45, 7) is 5.02. The summed E-state index contributed by atoms with van der Waals surface area (Å²) in [6, 6.07) is 0.516. The summed E-state index contributed by atoms with van der Waals surface area (Å²) in [7, 11) is 0. The van der Waals surface area contributed by atoms with Crippen molar-refractivity contribution in [1.82, 2.24) is 10.2 Å². The number of likely N-dealkylation sites (tertiary alicyclic amines) is 1. The largest absolute Gasteiger partial charge is 0.363 e. The van der Waals surface area contributed by atoms with Gasteiger partial charge in [0.2, 0.25) is 5.91 Å². The lowest BCUT2D eigenvalue weighted by molar-refractivity contribution is -0.150. The van der Waals surface area contributed by atoms with Crippen LogP contribution in [0.2, 0.25) is 0 Å². The van der Waals surface area contributed by atoms with E-state index in [2.05, 4.69) is 17.1 Å². The van der Waals surface area contributed by atoms with Crippen LogP contribution in [0.15, 0.2) is 0 Å². The molecule has 18 heavy (non-hydrogen) atoms. The molecule has 0 spiro atoms. The number of hydrogen-bond donors (Lipinski definition) is 1. The van der Waals surface area contributed by atoms with Crippen LogP contribution >= 0.6 is 0 Å². The maximum absolute atomic E-state index is 12.3. The van der Waals surface area contributed by atoms with E-state index >= 15 is 0 Å². The van der Waals surface area contributed by atoms with Crippen molar-refractivity contribution in [3.63, 3.8) is 0 Å². The van der Waals surface area contributed by atoms with E-state index in [9.17, 15) is 4.79 Å². The van der Waals surface area contributed by atoms with Gasteiger partial charge in [-0.05, 0) is 38.5 Å². The predicted octanol–water partition coefficient (Wildman–Crippen LogP) is 1.16. The first-order valence-corrected chi connectivity index (χ1v) is 7.32. The maximum atomic E-state index is 12.3. The molecule has 3 aliphatic rings. The lowest BCUT2D eigenvalue weighted by Gasteiger charge is -2.41. The first-order valence-electron chi connectivity index (χ1n) is 7.32. The van der Waals surface area contributed by atoms with E-state index in [4.69, 9.17) is 4.74 Å². The standard InChI is InChI=1S/C14H24N2O2/c1-14(9-15-10-14)18-8-13(17)16-7-3-5-11-4-2-6-12(11)16/h11-12,15H,2-10H2,1H3. The Morgan fingerprint density at radius 3 is 2.83 bits per heavy atom. The zero-order chi connectivity index (χ0) is 12.6. The number of carbonyl (C=O) groups is 1. The molecule has 0 radical (unpaired) electrons. The van der Waals surface area contributed by atoms with Gasteiger partial charge < -0.3 is 15.0 Å². The fourth-order valence-electron chi connectivity index (χ4n) is 3.66. The maximum Gasteiger partial charge on any atom is 0.248 e. The highest BCUT2D eigenvalue weighted by Crippen LogP contribution is 2.36. The summed E-state index contributed by atoms with van der Waals surface area (Å²) in [5, 5.41) is 3.19. The van der Waals surface area contributed by atoms with Gasteiger partial charge in [-0.3, -0.25) is 4.79 Å². The SMILES string of the molecule is CC1(OCC(=O)N2CCCC3CCCC32)CNC1. The highest BCUT2D eigenvalue weighted by molar-refractivity contribution is 5.78. The number of amides is 1. The molecule has 2 unspecified atom stereocenters. The summed E-state index contributed by atoms with van der Waals surface area (Å²) in [4.78, 5) is 14.4. The van der Waals surface area contributed by atoms with E-state index in [0.29, 0.717) is 6.04 Å². The predicted molar refractivity (Wildman–Crippen MR) is 69.3 cm³/mol. The van der Waals surface area contributed by atoms with Crippen molar-refractivity contribution in [3.8, 4) is 0 Å². The van der Waals surface area contributed by atoms with Crippen LogP contribution in [0.25, 0.3) is 0 Å². The van der Waals surface area contributed by atoms with E-state index < -0.39 is 0 Å². The fraction of sp³-hybridized carbons (Fsp3) is 0.929. The molecule has 102 valence electrons. The molecule has 2 heterocycles. The molecule has 0 aromatic carbocycles. The first-order chi connectivity index (χ1) is 8.68. The van der Waals surface area contributed by atoms with Crippen LogP contribution in [0, 0.1) is 5.92 Å². The summed E-state index contributed by atoms with van der Waals surface area (Å²) >= 11 is 0. The average Bonchev–Trinajstić information content (AvgIpc) is 2.81. The lowest BCUT2D eigenvalue weighted by Crippen LogP contribution is -2.60. The topological polar surface area (TPSA) is 41.6 Å². The Hall–Kier alpha value is -0.610. The molecule has 1 aliphatic carbocycles. The van der Waals surface area contributed by atoms with Gasteiger partial charge in [0, 0.05) is 25.7 Å². The normalized spacial score (nSPS) is 33.9. The minimum Gasteiger partial charge on any atom is -0.363 e. The summed E-state index contributed by atoms with van der Waals surface area (Å²) in [6.07, 6.45) is 6.30. The Kier molecular flexibility index (Phi) is 3.32. The molecule has 2 aliphatic heterocycles. The third-order valence-corrected chi connectivity index (χ3v) is 4.86. The van der Waals surface area contributed by atoms with Crippen molar-refractivity contribution in [2.45, 2.75) is 50.7 Å². The Morgan fingerprint density at radius 1 is 1.33 bits per heavy atom. The van der Waals surface area contributed by atoms with Gasteiger partial charge in [0.15, 0.2) is 0 Å². The minimum atomic E-state index is -0.111. The molecule has 0 aromatic heterocycles. The first kappa shape index (κ1) is 12.4. The second kappa shape index (κ2) is 4.82. The van der Waals surface area contributed by atoms with Crippen LogP contribution in [-0.2, 0) is 9.53 Å². The summed E-state index contributed by atoms with van der Waals surface area (Å²) in [5.41, 5.74) is -0.111. The van der Waals surface area contributed by atoms with Gasteiger partial charge in [-0.1, -0.05) is 6.42 Å². The number of nitrogens with one attached hydrogen (secondary N) is 1. The Morgan fingerprint density at radius 2 is 2.11 bits per heavy atom. The number of fused-ring (bicyclic) bond motifs is 1. The second-order valence-corrected chi connectivity index (χ2v) is 6.33. The van der Waals surface area contributed by atoms with Crippen molar-refractivity contribution >= 4 is 5.91 Å². The van der Waals surface area contributed by atoms with Crippen LogP contribution < -0.4 is 5.32 Å². The third-order valence-electron chi connectivity index (χ3n) is 4.86. The van der Waals surface area contributed by atoms with E-state index in [-0.39, 0.29) is 18.1 Å². The van der Waals surface area contributed by atoms with E-state index in [1.165, 1.54) is 32.1 Å². The Bertz CT molecular complexity index is 328. The summed E-state index contributed by atoms with van der Waals surface area (Å²) < 4.78 is 5.78. The highest BCUT2D eigenvalue weighted by atomic mass is 16.5. The Balaban J connectivity index is 1.54. The van der Waals surface area contributed by atoms with Crippen molar-refractivity contribution in [2.75, 3.05) is 26.2 Å². The van der Waals surface area contributed by atoms with Crippen LogP contribution in [-0.4, -0.2) is 48.7 Å². The van der Waals surface area contributed by atoms with Gasteiger partial charge in [-0.15, -0.1) is 0 Å². The third kappa shape index (κ3) is 2.28. The number of hydrogen-bond acceptors (Lipinski definition) is 3. The molecule has 2 atom stereocenters. The molecule has 0 bridgehead atoms. The summed E-state index contributed by atoms with van der Waals surface area (Å²) in [5.74, 6) is 0.975. The van der Waals surface area contributed by atoms with Crippen molar-refractivity contribution in [1.29, 1.82) is 0 Å².